The molecule has 0 bridgehead atoms. The number of hydrogen-bond donors (Lipinski definition) is 0. The van der Waals surface area contributed by atoms with E-state index in [2.05, 4.69) is 49.9 Å². The van der Waals surface area contributed by atoms with Crippen molar-refractivity contribution in [2.24, 2.45) is 0 Å². The van der Waals surface area contributed by atoms with Crippen LogP contribution < -0.4 is 0 Å². The molecule has 2 rings (SSSR count). The molecule has 1 nitrogen and oxygen atoms in total. The first kappa shape index (κ1) is 12.0. The number of aromatic nitrogens is 1. The summed E-state index contributed by atoms with van der Waals surface area (Å²) in [6.07, 6.45) is 6.76. The molecule has 0 aromatic carbocycles. The van der Waals surface area contributed by atoms with Crippen LogP contribution in [0.5, 0.6) is 0 Å². The van der Waals surface area contributed by atoms with Gasteiger partial charge in [-0.2, -0.15) is 11.8 Å². The van der Waals surface area contributed by atoms with Crippen molar-refractivity contribution in [3.05, 3.63) is 29.1 Å². The maximum atomic E-state index is 4.42. The normalized spacial score (nSPS) is 20.6. The van der Waals surface area contributed by atoms with Gasteiger partial charge < -0.3 is 0 Å². The van der Waals surface area contributed by atoms with Crippen molar-refractivity contribution < 1.29 is 0 Å². The summed E-state index contributed by atoms with van der Waals surface area (Å²) < 4.78 is 0. The van der Waals surface area contributed by atoms with Gasteiger partial charge in [0, 0.05) is 18.1 Å². The molecule has 0 amide bonds. The molecule has 1 atom stereocenters. The van der Waals surface area contributed by atoms with Crippen molar-refractivity contribution >= 4 is 11.8 Å². The van der Waals surface area contributed by atoms with E-state index in [0.717, 1.165) is 11.7 Å². The van der Waals surface area contributed by atoms with Crippen molar-refractivity contribution in [3.8, 4) is 0 Å². The summed E-state index contributed by atoms with van der Waals surface area (Å²) >= 11 is 2.06. The Morgan fingerprint density at radius 3 is 2.94 bits per heavy atom. The number of nitrogens with zero attached hydrogens (tertiary/aromatic N) is 1. The van der Waals surface area contributed by atoms with Crippen LogP contribution in [0.3, 0.4) is 0 Å². The molecule has 0 aliphatic carbocycles. The van der Waals surface area contributed by atoms with E-state index in [4.69, 9.17) is 0 Å². The van der Waals surface area contributed by atoms with Crippen LogP contribution in [-0.2, 0) is 5.75 Å². The van der Waals surface area contributed by atoms with Gasteiger partial charge in [-0.15, -0.1) is 0 Å². The molecule has 16 heavy (non-hydrogen) atoms. The summed E-state index contributed by atoms with van der Waals surface area (Å²) in [5.74, 6) is 3.80. The third-order valence-corrected chi connectivity index (χ3v) is 4.53. The Hall–Kier alpha value is -0.500. The molecule has 88 valence electrons. The Morgan fingerprint density at radius 1 is 1.44 bits per heavy atom. The van der Waals surface area contributed by atoms with E-state index in [1.807, 2.05) is 0 Å². The number of rotatable bonds is 2. The van der Waals surface area contributed by atoms with Crippen molar-refractivity contribution in [1.82, 2.24) is 4.98 Å². The van der Waals surface area contributed by atoms with Gasteiger partial charge in [-0.1, -0.05) is 20.8 Å². The second-order valence-corrected chi connectivity index (χ2v) is 6.01. The highest BCUT2D eigenvalue weighted by molar-refractivity contribution is 7.98. The van der Waals surface area contributed by atoms with E-state index in [1.165, 1.54) is 29.7 Å². The summed E-state index contributed by atoms with van der Waals surface area (Å²) in [4.78, 5) is 4.42. The lowest BCUT2D eigenvalue weighted by atomic mass is 9.85. The van der Waals surface area contributed by atoms with Crippen molar-refractivity contribution in [2.45, 2.75) is 51.2 Å². The number of hydrogen-bond acceptors (Lipinski definition) is 2. The van der Waals surface area contributed by atoms with Crippen LogP contribution in [0.15, 0.2) is 12.4 Å². The van der Waals surface area contributed by atoms with Crippen LogP contribution in [0.2, 0.25) is 0 Å². The topological polar surface area (TPSA) is 12.9 Å². The third-order valence-electron chi connectivity index (χ3n) is 3.49. The Morgan fingerprint density at radius 2 is 2.25 bits per heavy atom. The van der Waals surface area contributed by atoms with Crippen molar-refractivity contribution in [1.29, 1.82) is 0 Å². The predicted molar refractivity (Wildman–Crippen MR) is 72.1 cm³/mol. The Balaban J connectivity index is 2.50. The van der Waals surface area contributed by atoms with Gasteiger partial charge in [-0.25, -0.2) is 0 Å². The van der Waals surface area contributed by atoms with Gasteiger partial charge in [0.05, 0.1) is 0 Å². The van der Waals surface area contributed by atoms with Gasteiger partial charge in [-0.3, -0.25) is 4.98 Å². The average Bonchev–Trinajstić information content (AvgIpc) is 2.49. The first-order valence-corrected chi connectivity index (χ1v) is 7.44. The zero-order valence-electron chi connectivity index (χ0n) is 10.5. The maximum absolute atomic E-state index is 4.42. The first-order chi connectivity index (χ1) is 7.74. The molecular formula is C14H21NS. The predicted octanol–water partition coefficient (Wildman–Crippen LogP) is 4.34. The number of thioether (sulfide) groups is 1. The van der Waals surface area contributed by atoms with Crippen LogP contribution >= 0.6 is 11.8 Å². The van der Waals surface area contributed by atoms with Gasteiger partial charge >= 0.3 is 0 Å². The van der Waals surface area contributed by atoms with Crippen LogP contribution in [0, 0.1) is 0 Å². The zero-order chi connectivity index (χ0) is 11.5. The molecule has 1 aromatic heterocycles. The molecule has 0 N–H and O–H groups in total. The summed E-state index contributed by atoms with van der Waals surface area (Å²) in [7, 11) is 0. The van der Waals surface area contributed by atoms with E-state index < -0.39 is 0 Å². The third kappa shape index (κ3) is 2.27. The lowest BCUT2D eigenvalue weighted by Crippen LogP contribution is -2.07. The molecular weight excluding hydrogens is 214 g/mol. The molecule has 1 aromatic rings. The van der Waals surface area contributed by atoms with Crippen molar-refractivity contribution in [3.63, 3.8) is 0 Å². The van der Waals surface area contributed by atoms with Gasteiger partial charge in [0.1, 0.15) is 0 Å². The van der Waals surface area contributed by atoms with E-state index in [1.54, 1.807) is 5.56 Å². The summed E-state index contributed by atoms with van der Waals surface area (Å²) in [5.41, 5.74) is 4.59. The van der Waals surface area contributed by atoms with Crippen LogP contribution in [0.4, 0.5) is 0 Å². The minimum absolute atomic E-state index is 0.597. The van der Waals surface area contributed by atoms with Crippen LogP contribution in [0.1, 0.15) is 62.1 Å². The quantitative estimate of drug-likeness (QED) is 0.756. The molecule has 2 heteroatoms. The number of fused-ring (bicyclic) bond motifs is 1. The molecule has 0 saturated heterocycles. The summed E-state index contributed by atoms with van der Waals surface area (Å²) in [6.45, 7) is 6.87. The standard InChI is InChI=1S/C14H21NS/c1-4-11-5-6-16-9-12-7-15-8-13(10(2)3)14(11)12/h7-8,10-11H,4-6,9H2,1-3H3. The second-order valence-electron chi connectivity index (χ2n) is 4.90. The summed E-state index contributed by atoms with van der Waals surface area (Å²) in [6, 6.07) is 0. The van der Waals surface area contributed by atoms with E-state index in [0.29, 0.717) is 5.92 Å². The number of pyridine rings is 1. The fourth-order valence-electron chi connectivity index (χ4n) is 2.57. The van der Waals surface area contributed by atoms with E-state index >= 15 is 0 Å². The smallest absolute Gasteiger partial charge is 0.0311 e. The highest BCUT2D eigenvalue weighted by Gasteiger charge is 2.21. The minimum atomic E-state index is 0.597. The fraction of sp³-hybridized carbons (Fsp3) is 0.643. The van der Waals surface area contributed by atoms with Gasteiger partial charge in [0.25, 0.3) is 0 Å². The monoisotopic (exact) mass is 235 g/mol. The van der Waals surface area contributed by atoms with Gasteiger partial charge in [0.2, 0.25) is 0 Å². The van der Waals surface area contributed by atoms with Crippen molar-refractivity contribution in [2.75, 3.05) is 5.75 Å². The Labute approximate surface area is 103 Å². The van der Waals surface area contributed by atoms with Gasteiger partial charge in [0.15, 0.2) is 0 Å². The zero-order valence-corrected chi connectivity index (χ0v) is 11.3. The van der Waals surface area contributed by atoms with E-state index in [9.17, 15) is 0 Å². The van der Waals surface area contributed by atoms with E-state index in [-0.39, 0.29) is 0 Å². The molecule has 2 heterocycles. The molecule has 0 fully saturated rings. The molecule has 1 unspecified atom stereocenters. The molecule has 1 aliphatic rings. The second kappa shape index (κ2) is 5.22. The molecule has 0 spiro atoms. The Kier molecular flexibility index (Phi) is 3.91. The molecule has 0 radical (unpaired) electrons. The SMILES string of the molecule is CCC1CCSCc2cncc(C(C)C)c21. The lowest BCUT2D eigenvalue weighted by molar-refractivity contribution is 0.631. The first-order valence-electron chi connectivity index (χ1n) is 6.28. The maximum Gasteiger partial charge on any atom is 0.0311 e. The lowest BCUT2D eigenvalue weighted by Gasteiger charge is -2.21. The Bertz CT molecular complexity index is 360. The average molecular weight is 235 g/mol. The minimum Gasteiger partial charge on any atom is -0.264 e. The fourth-order valence-corrected chi connectivity index (χ4v) is 3.61. The van der Waals surface area contributed by atoms with Crippen LogP contribution in [-0.4, -0.2) is 10.7 Å². The summed E-state index contributed by atoms with van der Waals surface area (Å²) in [5, 5.41) is 0. The van der Waals surface area contributed by atoms with Gasteiger partial charge in [-0.05, 0) is 47.1 Å². The molecule has 1 aliphatic heterocycles. The highest BCUT2D eigenvalue weighted by Crippen LogP contribution is 2.37. The molecule has 0 saturated carbocycles. The van der Waals surface area contributed by atoms with Crippen LogP contribution in [0.25, 0.3) is 0 Å². The largest absolute Gasteiger partial charge is 0.264 e. The highest BCUT2D eigenvalue weighted by atomic mass is 32.2.